The van der Waals surface area contributed by atoms with Gasteiger partial charge in [0.25, 0.3) is 0 Å². The predicted octanol–water partition coefficient (Wildman–Crippen LogP) is 8.33. The van der Waals surface area contributed by atoms with Gasteiger partial charge in [-0.05, 0) is 116 Å². The summed E-state index contributed by atoms with van der Waals surface area (Å²) in [6.45, 7) is 0. The van der Waals surface area contributed by atoms with E-state index in [-0.39, 0.29) is 0 Å². The van der Waals surface area contributed by atoms with Crippen molar-refractivity contribution in [2.45, 2.75) is 12.8 Å². The first-order chi connectivity index (χ1) is 18.6. The minimum Gasteiger partial charge on any atom is -0.497 e. The molecule has 2 heteroatoms. The van der Waals surface area contributed by atoms with Crippen molar-refractivity contribution in [1.29, 1.82) is 0 Å². The van der Waals surface area contributed by atoms with Crippen LogP contribution in [0.5, 0.6) is 11.5 Å². The van der Waals surface area contributed by atoms with Crippen molar-refractivity contribution in [3.8, 4) is 23.8 Å². The summed E-state index contributed by atoms with van der Waals surface area (Å²) in [6, 6.07) is 36.4. The Balaban J connectivity index is 1.55. The summed E-state index contributed by atoms with van der Waals surface area (Å²) in [6.07, 6.45) is 7.80. The van der Waals surface area contributed by atoms with E-state index >= 15 is 0 Å². The summed E-state index contributed by atoms with van der Waals surface area (Å²) < 4.78 is 10.7. The van der Waals surface area contributed by atoms with E-state index in [9.17, 15) is 0 Å². The Kier molecular flexibility index (Phi) is 6.20. The number of fused-ring (bicyclic) bond motifs is 3. The Morgan fingerprint density at radius 3 is 1.66 bits per heavy atom. The second-order valence-corrected chi connectivity index (χ2v) is 9.70. The van der Waals surface area contributed by atoms with Crippen LogP contribution in [-0.2, 0) is 12.8 Å². The zero-order valence-electron chi connectivity index (χ0n) is 21.6. The molecule has 0 heterocycles. The van der Waals surface area contributed by atoms with Crippen LogP contribution < -0.4 is 9.47 Å². The third-order valence-corrected chi connectivity index (χ3v) is 7.40. The van der Waals surface area contributed by atoms with Crippen molar-refractivity contribution in [3.05, 3.63) is 131 Å². The minimum absolute atomic E-state index is 0.751. The van der Waals surface area contributed by atoms with Crippen LogP contribution in [0.15, 0.2) is 103 Å². The van der Waals surface area contributed by atoms with E-state index in [4.69, 9.17) is 15.9 Å². The lowest BCUT2D eigenvalue weighted by molar-refractivity contribution is 0.414. The largest absolute Gasteiger partial charge is 0.497 e. The molecule has 6 aromatic rings. The first-order valence-corrected chi connectivity index (χ1v) is 12.8. The van der Waals surface area contributed by atoms with Crippen molar-refractivity contribution >= 4 is 32.3 Å². The molecule has 6 aromatic carbocycles. The van der Waals surface area contributed by atoms with Gasteiger partial charge in [0, 0.05) is 5.56 Å². The standard InChI is InChI=1S/C36H28O2/c1-4-34-35(18-25-11-15-33(38-3)16-12-25)30(17-24-9-13-32(37-2)14-10-24)22-31-21-28-19-26-7-5-6-8-27(26)20-29(28)23-36(31)34/h1,5-16,19-23H,17-18H2,2-3H3. The highest BCUT2D eigenvalue weighted by atomic mass is 16.5. The monoisotopic (exact) mass is 492 g/mol. The number of terminal acetylenes is 1. The maximum absolute atomic E-state index is 6.26. The lowest BCUT2D eigenvalue weighted by Crippen LogP contribution is -2.02. The van der Waals surface area contributed by atoms with Gasteiger partial charge >= 0.3 is 0 Å². The Labute approximate surface area is 223 Å². The molecule has 0 amide bonds. The summed E-state index contributed by atoms with van der Waals surface area (Å²) in [5.41, 5.74) is 5.82. The molecule has 0 fully saturated rings. The van der Waals surface area contributed by atoms with Gasteiger partial charge in [-0.2, -0.15) is 0 Å². The van der Waals surface area contributed by atoms with Crippen LogP contribution in [0.1, 0.15) is 27.8 Å². The number of rotatable bonds is 6. The quantitative estimate of drug-likeness (QED) is 0.172. The Morgan fingerprint density at radius 2 is 1.11 bits per heavy atom. The highest BCUT2D eigenvalue weighted by Crippen LogP contribution is 2.34. The summed E-state index contributed by atoms with van der Waals surface area (Å²) in [5.74, 6) is 4.79. The molecular formula is C36H28O2. The summed E-state index contributed by atoms with van der Waals surface area (Å²) in [7, 11) is 3.38. The summed E-state index contributed by atoms with van der Waals surface area (Å²) >= 11 is 0. The van der Waals surface area contributed by atoms with Crippen LogP contribution in [0.2, 0.25) is 0 Å². The van der Waals surface area contributed by atoms with Gasteiger partial charge in [0.15, 0.2) is 0 Å². The van der Waals surface area contributed by atoms with E-state index in [2.05, 4.69) is 84.8 Å². The summed E-state index contributed by atoms with van der Waals surface area (Å²) in [4.78, 5) is 0. The molecule has 0 radical (unpaired) electrons. The number of benzene rings is 6. The highest BCUT2D eigenvalue weighted by Gasteiger charge is 2.15. The molecule has 6 rings (SSSR count). The minimum atomic E-state index is 0.751. The second-order valence-electron chi connectivity index (χ2n) is 9.70. The van der Waals surface area contributed by atoms with E-state index < -0.39 is 0 Å². The van der Waals surface area contributed by atoms with Gasteiger partial charge in [-0.25, -0.2) is 0 Å². The Hall–Kier alpha value is -4.74. The third kappa shape index (κ3) is 4.44. The molecule has 0 aromatic heterocycles. The molecule has 184 valence electrons. The average Bonchev–Trinajstić information content (AvgIpc) is 2.96. The highest BCUT2D eigenvalue weighted by molar-refractivity contribution is 6.06. The van der Waals surface area contributed by atoms with Crippen molar-refractivity contribution in [2.24, 2.45) is 0 Å². The molecule has 0 atom stereocenters. The number of hydrogen-bond acceptors (Lipinski definition) is 2. The van der Waals surface area contributed by atoms with E-state index in [0.717, 1.165) is 35.3 Å². The molecule has 0 spiro atoms. The van der Waals surface area contributed by atoms with Gasteiger partial charge in [-0.1, -0.05) is 60.5 Å². The first-order valence-electron chi connectivity index (χ1n) is 12.8. The fourth-order valence-electron chi connectivity index (χ4n) is 5.38. The zero-order valence-corrected chi connectivity index (χ0v) is 21.6. The smallest absolute Gasteiger partial charge is 0.118 e. The molecule has 0 N–H and O–H groups in total. The fraction of sp³-hybridized carbons (Fsp3) is 0.111. The molecule has 0 saturated carbocycles. The number of hydrogen-bond donors (Lipinski definition) is 0. The van der Waals surface area contributed by atoms with Crippen LogP contribution in [-0.4, -0.2) is 14.2 Å². The lowest BCUT2D eigenvalue weighted by atomic mass is 9.86. The molecule has 38 heavy (non-hydrogen) atoms. The molecule has 0 aliphatic rings. The topological polar surface area (TPSA) is 18.5 Å². The third-order valence-electron chi connectivity index (χ3n) is 7.40. The number of ether oxygens (including phenoxy) is 2. The van der Waals surface area contributed by atoms with Crippen molar-refractivity contribution in [3.63, 3.8) is 0 Å². The molecular weight excluding hydrogens is 464 g/mol. The second kappa shape index (κ2) is 9.96. The fourth-order valence-corrected chi connectivity index (χ4v) is 5.38. The van der Waals surface area contributed by atoms with Crippen LogP contribution in [0.25, 0.3) is 32.3 Å². The molecule has 0 saturated heterocycles. The van der Waals surface area contributed by atoms with E-state index in [0.29, 0.717) is 0 Å². The number of methoxy groups -OCH3 is 2. The molecule has 2 nitrogen and oxygen atoms in total. The Bertz CT molecular complexity index is 1820. The SMILES string of the molecule is C#Cc1c(Cc2ccc(OC)cc2)c(Cc2ccc(OC)cc2)cc2cc3cc4ccccc4cc3cc12. The van der Waals surface area contributed by atoms with Crippen molar-refractivity contribution in [1.82, 2.24) is 0 Å². The molecule has 0 bridgehead atoms. The first kappa shape index (κ1) is 23.6. The van der Waals surface area contributed by atoms with Gasteiger partial charge in [-0.15, -0.1) is 6.42 Å². The van der Waals surface area contributed by atoms with Gasteiger partial charge in [-0.3, -0.25) is 0 Å². The van der Waals surface area contributed by atoms with E-state index in [1.807, 2.05) is 24.3 Å². The zero-order chi connectivity index (χ0) is 26.1. The van der Waals surface area contributed by atoms with Gasteiger partial charge in [0.05, 0.1) is 14.2 Å². The van der Waals surface area contributed by atoms with E-state index in [1.165, 1.54) is 49.2 Å². The van der Waals surface area contributed by atoms with Crippen LogP contribution in [0, 0.1) is 12.3 Å². The average molecular weight is 493 g/mol. The maximum atomic E-state index is 6.26. The van der Waals surface area contributed by atoms with Gasteiger partial charge in [0.2, 0.25) is 0 Å². The van der Waals surface area contributed by atoms with E-state index in [1.54, 1.807) is 14.2 Å². The molecule has 0 aliphatic heterocycles. The Morgan fingerprint density at radius 1 is 0.579 bits per heavy atom. The molecule has 0 aliphatic carbocycles. The predicted molar refractivity (Wildman–Crippen MR) is 158 cm³/mol. The van der Waals surface area contributed by atoms with Crippen molar-refractivity contribution < 1.29 is 9.47 Å². The van der Waals surface area contributed by atoms with Gasteiger partial charge < -0.3 is 9.47 Å². The van der Waals surface area contributed by atoms with Crippen LogP contribution in [0.4, 0.5) is 0 Å². The normalized spacial score (nSPS) is 11.1. The van der Waals surface area contributed by atoms with Crippen LogP contribution in [0.3, 0.4) is 0 Å². The lowest BCUT2D eigenvalue weighted by Gasteiger charge is -2.17. The molecule has 0 unspecified atom stereocenters. The maximum Gasteiger partial charge on any atom is 0.118 e. The van der Waals surface area contributed by atoms with Crippen molar-refractivity contribution in [2.75, 3.05) is 14.2 Å². The van der Waals surface area contributed by atoms with Gasteiger partial charge in [0.1, 0.15) is 11.5 Å². The summed E-state index contributed by atoms with van der Waals surface area (Å²) in [5, 5.41) is 7.19. The van der Waals surface area contributed by atoms with Crippen LogP contribution >= 0.6 is 0 Å².